The number of hydrogen-bond donors (Lipinski definition) is 1. The number of benzene rings is 3. The maximum Gasteiger partial charge on any atom is 0.397 e. The first-order valence-corrected chi connectivity index (χ1v) is 7.90. The predicted octanol–water partition coefficient (Wildman–Crippen LogP) is 4.04. The summed E-state index contributed by atoms with van der Waals surface area (Å²) in [4.78, 5) is 23.7. The van der Waals surface area contributed by atoms with Crippen molar-refractivity contribution in [2.45, 2.75) is 6.61 Å². The van der Waals surface area contributed by atoms with Gasteiger partial charge in [0, 0.05) is 5.69 Å². The largest absolute Gasteiger partial charge is 0.454 e. The first-order valence-electron chi connectivity index (χ1n) is 7.90. The van der Waals surface area contributed by atoms with Gasteiger partial charge in [0.15, 0.2) is 0 Å². The standard InChI is InChI=1S/C21H17NO3/c23-20(21(24)25-15-16-7-3-1-4-8-16)22-19-13-11-18(12-14-19)17-9-5-2-6-10-17/h1-14H,15H2,(H,22,23). The third kappa shape index (κ3) is 4.54. The van der Waals surface area contributed by atoms with Crippen LogP contribution in [0.15, 0.2) is 84.9 Å². The smallest absolute Gasteiger partial charge is 0.397 e. The van der Waals surface area contributed by atoms with Gasteiger partial charge in [-0.2, -0.15) is 0 Å². The van der Waals surface area contributed by atoms with Gasteiger partial charge in [-0.15, -0.1) is 0 Å². The van der Waals surface area contributed by atoms with E-state index in [4.69, 9.17) is 4.74 Å². The van der Waals surface area contributed by atoms with Crippen molar-refractivity contribution < 1.29 is 14.3 Å². The van der Waals surface area contributed by atoms with Crippen LogP contribution in [0.25, 0.3) is 11.1 Å². The first kappa shape index (κ1) is 16.5. The van der Waals surface area contributed by atoms with Crippen molar-refractivity contribution in [3.63, 3.8) is 0 Å². The van der Waals surface area contributed by atoms with Crippen LogP contribution in [0.4, 0.5) is 5.69 Å². The Balaban J connectivity index is 1.56. The molecule has 124 valence electrons. The van der Waals surface area contributed by atoms with E-state index in [2.05, 4.69) is 5.32 Å². The molecule has 3 rings (SSSR count). The third-order valence-electron chi connectivity index (χ3n) is 3.65. The summed E-state index contributed by atoms with van der Waals surface area (Å²) < 4.78 is 5.00. The lowest BCUT2D eigenvalue weighted by Gasteiger charge is -2.07. The zero-order chi connectivity index (χ0) is 17.5. The molecule has 3 aromatic rings. The number of nitrogens with one attached hydrogen (secondary N) is 1. The maximum atomic E-state index is 11.9. The monoisotopic (exact) mass is 331 g/mol. The van der Waals surface area contributed by atoms with Crippen LogP contribution in [0, 0.1) is 0 Å². The molecule has 0 saturated carbocycles. The van der Waals surface area contributed by atoms with Gasteiger partial charge in [0.1, 0.15) is 6.61 Å². The van der Waals surface area contributed by atoms with Crippen LogP contribution >= 0.6 is 0 Å². The molecule has 1 amide bonds. The Bertz CT molecular complexity index is 843. The van der Waals surface area contributed by atoms with Crippen molar-refractivity contribution in [2.75, 3.05) is 5.32 Å². The van der Waals surface area contributed by atoms with Gasteiger partial charge in [0.2, 0.25) is 0 Å². The highest BCUT2D eigenvalue weighted by Gasteiger charge is 2.15. The number of carbonyl (C=O) groups is 2. The Labute approximate surface area is 146 Å². The van der Waals surface area contributed by atoms with E-state index in [1.54, 1.807) is 12.1 Å². The van der Waals surface area contributed by atoms with Crippen molar-refractivity contribution in [2.24, 2.45) is 0 Å². The van der Waals surface area contributed by atoms with E-state index < -0.39 is 11.9 Å². The molecule has 0 bridgehead atoms. The molecule has 0 heterocycles. The van der Waals surface area contributed by atoms with Crippen LogP contribution in [0.5, 0.6) is 0 Å². The fourth-order valence-electron chi connectivity index (χ4n) is 2.35. The van der Waals surface area contributed by atoms with E-state index in [1.165, 1.54) is 0 Å². The van der Waals surface area contributed by atoms with Crippen LogP contribution in [0.3, 0.4) is 0 Å². The van der Waals surface area contributed by atoms with Crippen molar-refractivity contribution in [3.8, 4) is 11.1 Å². The fraction of sp³-hybridized carbons (Fsp3) is 0.0476. The van der Waals surface area contributed by atoms with Gasteiger partial charge in [0.05, 0.1) is 0 Å². The average molecular weight is 331 g/mol. The summed E-state index contributed by atoms with van der Waals surface area (Å²) in [5, 5.41) is 2.54. The molecule has 0 spiro atoms. The topological polar surface area (TPSA) is 55.4 Å². The van der Waals surface area contributed by atoms with Crippen LogP contribution in [-0.4, -0.2) is 11.9 Å². The van der Waals surface area contributed by atoms with Crippen LogP contribution in [0.2, 0.25) is 0 Å². The van der Waals surface area contributed by atoms with E-state index in [-0.39, 0.29) is 6.61 Å². The Kier molecular flexibility index (Phi) is 5.22. The second-order valence-electron chi connectivity index (χ2n) is 5.46. The van der Waals surface area contributed by atoms with E-state index >= 15 is 0 Å². The minimum absolute atomic E-state index is 0.0695. The second-order valence-corrected chi connectivity index (χ2v) is 5.46. The number of hydrogen-bond acceptors (Lipinski definition) is 3. The molecule has 0 fully saturated rings. The number of esters is 1. The Morgan fingerprint density at radius 2 is 1.28 bits per heavy atom. The average Bonchev–Trinajstić information content (AvgIpc) is 2.68. The fourth-order valence-corrected chi connectivity index (χ4v) is 2.35. The predicted molar refractivity (Wildman–Crippen MR) is 96.7 cm³/mol. The second kappa shape index (κ2) is 7.93. The molecule has 1 N–H and O–H groups in total. The molecule has 4 nitrogen and oxygen atoms in total. The minimum atomic E-state index is -0.906. The summed E-state index contributed by atoms with van der Waals surface area (Å²) in [6.45, 7) is 0.0695. The normalized spacial score (nSPS) is 10.1. The Morgan fingerprint density at radius 1 is 0.720 bits per heavy atom. The summed E-state index contributed by atoms with van der Waals surface area (Å²) in [6.07, 6.45) is 0. The van der Waals surface area contributed by atoms with Crippen LogP contribution < -0.4 is 5.32 Å². The minimum Gasteiger partial charge on any atom is -0.454 e. The molecular formula is C21H17NO3. The van der Waals surface area contributed by atoms with Gasteiger partial charge < -0.3 is 10.1 Å². The summed E-state index contributed by atoms with van der Waals surface area (Å²) in [5.74, 6) is -1.70. The van der Waals surface area contributed by atoms with E-state index in [0.29, 0.717) is 5.69 Å². The molecule has 0 aliphatic heterocycles. The highest BCUT2D eigenvalue weighted by molar-refractivity contribution is 6.37. The lowest BCUT2D eigenvalue weighted by Crippen LogP contribution is -2.24. The molecule has 3 aromatic carbocycles. The molecule has 25 heavy (non-hydrogen) atoms. The Hall–Kier alpha value is -3.40. The van der Waals surface area contributed by atoms with Gasteiger partial charge in [-0.05, 0) is 28.8 Å². The molecule has 0 saturated heterocycles. The molecule has 0 aliphatic carbocycles. The third-order valence-corrected chi connectivity index (χ3v) is 3.65. The van der Waals surface area contributed by atoms with Crippen LogP contribution in [0.1, 0.15) is 5.56 Å². The molecule has 0 aliphatic rings. The van der Waals surface area contributed by atoms with Crippen molar-refractivity contribution in [3.05, 3.63) is 90.5 Å². The number of ether oxygens (including phenoxy) is 1. The SMILES string of the molecule is O=C(Nc1ccc(-c2ccccc2)cc1)C(=O)OCc1ccccc1. The number of rotatable bonds is 4. The first-order chi connectivity index (χ1) is 12.2. The lowest BCUT2D eigenvalue weighted by molar-refractivity contribution is -0.153. The van der Waals surface area contributed by atoms with E-state index in [1.807, 2.05) is 72.8 Å². The number of amides is 1. The van der Waals surface area contributed by atoms with E-state index in [9.17, 15) is 9.59 Å². The molecule has 0 radical (unpaired) electrons. The quantitative estimate of drug-likeness (QED) is 0.580. The Morgan fingerprint density at radius 3 is 1.92 bits per heavy atom. The molecule has 0 atom stereocenters. The molecule has 4 heteroatoms. The molecule has 0 unspecified atom stereocenters. The maximum absolute atomic E-state index is 11.9. The van der Waals surface area contributed by atoms with Crippen molar-refractivity contribution in [1.82, 2.24) is 0 Å². The molecule has 0 aromatic heterocycles. The van der Waals surface area contributed by atoms with Gasteiger partial charge >= 0.3 is 11.9 Å². The molecular weight excluding hydrogens is 314 g/mol. The number of anilines is 1. The van der Waals surface area contributed by atoms with Crippen LogP contribution in [-0.2, 0) is 20.9 Å². The lowest BCUT2D eigenvalue weighted by atomic mass is 10.1. The summed E-state index contributed by atoms with van der Waals surface area (Å²) in [6, 6.07) is 26.4. The van der Waals surface area contributed by atoms with Gasteiger partial charge in [-0.3, -0.25) is 4.79 Å². The van der Waals surface area contributed by atoms with Gasteiger partial charge in [-0.1, -0.05) is 72.8 Å². The highest BCUT2D eigenvalue weighted by atomic mass is 16.5. The van der Waals surface area contributed by atoms with Crippen molar-refractivity contribution >= 4 is 17.6 Å². The zero-order valence-electron chi connectivity index (χ0n) is 13.5. The summed E-state index contributed by atoms with van der Waals surface area (Å²) in [7, 11) is 0. The highest BCUT2D eigenvalue weighted by Crippen LogP contribution is 2.20. The zero-order valence-corrected chi connectivity index (χ0v) is 13.5. The van der Waals surface area contributed by atoms with Gasteiger partial charge in [-0.25, -0.2) is 4.79 Å². The van der Waals surface area contributed by atoms with E-state index in [0.717, 1.165) is 16.7 Å². The number of carbonyl (C=O) groups excluding carboxylic acids is 2. The summed E-state index contributed by atoms with van der Waals surface area (Å²) >= 11 is 0. The van der Waals surface area contributed by atoms with Gasteiger partial charge in [0.25, 0.3) is 0 Å². The summed E-state index contributed by atoms with van der Waals surface area (Å²) in [5.41, 5.74) is 3.49. The van der Waals surface area contributed by atoms with Crippen molar-refractivity contribution in [1.29, 1.82) is 0 Å².